The lowest BCUT2D eigenvalue weighted by Gasteiger charge is -2.34. The second-order valence-electron chi connectivity index (χ2n) is 9.63. The number of alkyl halides is 1. The maximum absolute atomic E-state index is 13.1. The number of aliphatic hydroxyl groups is 1. The molecule has 2 heterocycles. The van der Waals surface area contributed by atoms with Gasteiger partial charge in [0.1, 0.15) is 0 Å². The summed E-state index contributed by atoms with van der Waals surface area (Å²) in [5.41, 5.74) is 1.51. The van der Waals surface area contributed by atoms with Crippen LogP contribution in [0.4, 0.5) is 0 Å². The van der Waals surface area contributed by atoms with Crippen molar-refractivity contribution in [1.82, 2.24) is 0 Å². The van der Waals surface area contributed by atoms with Crippen LogP contribution in [0.25, 0.3) is 0 Å². The Bertz CT molecular complexity index is 940. The maximum atomic E-state index is 13.1. The molecule has 2 spiro atoms. The molecule has 0 radical (unpaired) electrons. The van der Waals surface area contributed by atoms with Gasteiger partial charge in [-0.05, 0) is 74.5 Å². The van der Waals surface area contributed by atoms with Crippen LogP contribution in [0.15, 0.2) is 40.8 Å². The molecule has 6 atom stereocenters. The van der Waals surface area contributed by atoms with Gasteiger partial charge >= 0.3 is 0 Å². The Hall–Kier alpha value is -0.440. The van der Waals surface area contributed by atoms with E-state index in [9.17, 15) is 13.5 Å². The topological polar surface area (TPSA) is 63.6 Å². The molecule has 0 unspecified atom stereocenters. The summed E-state index contributed by atoms with van der Waals surface area (Å²) in [6, 6.07) is 7.17. The van der Waals surface area contributed by atoms with Gasteiger partial charge in [-0.1, -0.05) is 46.4 Å². The fraction of sp³-hybridized carbons (Fsp3) is 0.652. The number of aryl methyl sites for hydroxylation is 1. The molecule has 0 aromatic heterocycles. The number of sulfone groups is 1. The Balaban J connectivity index is 1.48. The average Bonchev–Trinajstić information content (AvgIpc) is 3.23. The summed E-state index contributed by atoms with van der Waals surface area (Å²) in [6.07, 6.45) is 7.18. The molecule has 0 amide bonds. The number of aliphatic hydroxyl groups excluding tert-OH is 1. The van der Waals surface area contributed by atoms with E-state index in [-0.39, 0.29) is 23.4 Å². The first-order valence-corrected chi connectivity index (χ1v) is 13.9. The van der Waals surface area contributed by atoms with E-state index in [4.69, 9.17) is 4.74 Å². The molecule has 2 aliphatic carbocycles. The first-order chi connectivity index (χ1) is 13.8. The van der Waals surface area contributed by atoms with Gasteiger partial charge in [-0.25, -0.2) is 8.42 Å². The lowest BCUT2D eigenvalue weighted by Crippen LogP contribution is -2.38. The standard InChI is InChI=1S/C23H29IO4S/c1-15-2-4-19(5-3-15)29(26,27)14-17-7-9-22-11-18(25)10-20-16(13-24)6-8-23(20,28-22)12-21(17)22/h2-5,12,16-18,20,25H,6-11,13-14H2,1H3/t16-,17-,18-,20+,22+,23+/m0/s1. The van der Waals surface area contributed by atoms with Crippen LogP contribution in [0, 0.1) is 24.7 Å². The van der Waals surface area contributed by atoms with Crippen molar-refractivity contribution in [3.05, 3.63) is 41.5 Å². The number of ether oxygens (including phenoxy) is 1. The smallest absolute Gasteiger partial charge is 0.178 e. The molecule has 2 saturated carbocycles. The lowest BCUT2D eigenvalue weighted by molar-refractivity contribution is -0.103. The van der Waals surface area contributed by atoms with Crippen molar-refractivity contribution in [3.8, 4) is 0 Å². The Kier molecular flexibility index (Phi) is 4.97. The van der Waals surface area contributed by atoms with Crippen molar-refractivity contribution >= 4 is 32.4 Å². The molecule has 1 N–H and O–H groups in total. The van der Waals surface area contributed by atoms with Gasteiger partial charge in [-0.15, -0.1) is 0 Å². The summed E-state index contributed by atoms with van der Waals surface area (Å²) in [5, 5.41) is 10.8. The molecular formula is C23H29IO4S. The third kappa shape index (κ3) is 3.24. The highest BCUT2D eigenvalue weighted by molar-refractivity contribution is 14.1. The molecule has 5 rings (SSSR count). The van der Waals surface area contributed by atoms with Crippen molar-refractivity contribution in [3.63, 3.8) is 0 Å². The Labute approximate surface area is 187 Å². The van der Waals surface area contributed by atoms with E-state index in [1.807, 2.05) is 19.1 Å². The largest absolute Gasteiger partial charge is 0.393 e. The molecule has 158 valence electrons. The summed E-state index contributed by atoms with van der Waals surface area (Å²) in [6.45, 7) is 1.96. The highest BCUT2D eigenvalue weighted by Gasteiger charge is 2.63. The molecule has 1 aromatic rings. The van der Waals surface area contributed by atoms with Crippen LogP contribution in [0.5, 0.6) is 0 Å². The summed E-state index contributed by atoms with van der Waals surface area (Å²) < 4.78 is 34.2. The van der Waals surface area contributed by atoms with E-state index in [0.717, 1.165) is 42.1 Å². The third-order valence-electron chi connectivity index (χ3n) is 7.84. The van der Waals surface area contributed by atoms with Crippen LogP contribution in [-0.4, -0.2) is 41.0 Å². The number of hydrogen-bond acceptors (Lipinski definition) is 4. The van der Waals surface area contributed by atoms with Gasteiger partial charge in [-0.3, -0.25) is 0 Å². The zero-order valence-electron chi connectivity index (χ0n) is 16.8. The van der Waals surface area contributed by atoms with Crippen molar-refractivity contribution in [2.24, 2.45) is 17.8 Å². The molecule has 6 heteroatoms. The summed E-state index contributed by atoms with van der Waals surface area (Å²) in [7, 11) is -3.35. The molecule has 2 bridgehead atoms. The van der Waals surface area contributed by atoms with Crippen LogP contribution < -0.4 is 0 Å². The quantitative estimate of drug-likeness (QED) is 0.361. The van der Waals surface area contributed by atoms with E-state index in [2.05, 4.69) is 28.7 Å². The van der Waals surface area contributed by atoms with E-state index in [1.54, 1.807) is 12.1 Å². The fourth-order valence-corrected chi connectivity index (χ4v) is 9.15. The zero-order valence-corrected chi connectivity index (χ0v) is 19.8. The van der Waals surface area contributed by atoms with Crippen molar-refractivity contribution < 1.29 is 18.3 Å². The SMILES string of the molecule is Cc1ccc(S(=O)(=O)C[C@@H]2CC[C@@]34C[C@@H](O)C[C@@H]5[C@H](CI)CC[C@]5(C=C23)O4)cc1. The Morgan fingerprint density at radius 3 is 2.69 bits per heavy atom. The van der Waals surface area contributed by atoms with Crippen LogP contribution in [-0.2, 0) is 14.6 Å². The maximum Gasteiger partial charge on any atom is 0.178 e. The summed E-state index contributed by atoms with van der Waals surface area (Å²) in [4.78, 5) is 0.408. The van der Waals surface area contributed by atoms with Gasteiger partial charge in [0.2, 0.25) is 0 Å². The lowest BCUT2D eigenvalue weighted by atomic mass is 9.77. The minimum atomic E-state index is -3.35. The second-order valence-corrected chi connectivity index (χ2v) is 12.5. The number of halogens is 1. The van der Waals surface area contributed by atoms with E-state index in [1.165, 1.54) is 5.57 Å². The van der Waals surface area contributed by atoms with E-state index in [0.29, 0.717) is 23.2 Å². The van der Waals surface area contributed by atoms with E-state index >= 15 is 0 Å². The highest BCUT2D eigenvalue weighted by Crippen LogP contribution is 2.62. The Morgan fingerprint density at radius 1 is 1.21 bits per heavy atom. The monoisotopic (exact) mass is 528 g/mol. The van der Waals surface area contributed by atoms with Crippen LogP contribution in [0.1, 0.15) is 44.1 Å². The normalized spacial score (nSPS) is 41.0. The van der Waals surface area contributed by atoms with Gasteiger partial charge in [-0.2, -0.15) is 0 Å². The van der Waals surface area contributed by atoms with Crippen molar-refractivity contribution in [2.45, 2.75) is 67.7 Å². The molecule has 29 heavy (non-hydrogen) atoms. The molecule has 2 aliphatic heterocycles. The number of hydrogen-bond donors (Lipinski definition) is 1. The van der Waals surface area contributed by atoms with E-state index < -0.39 is 15.4 Å². The first kappa shape index (κ1) is 20.5. The van der Waals surface area contributed by atoms with Crippen molar-refractivity contribution in [2.75, 3.05) is 10.2 Å². The summed E-state index contributed by atoms with van der Waals surface area (Å²) in [5.74, 6) is 1.05. The zero-order chi connectivity index (χ0) is 20.4. The minimum Gasteiger partial charge on any atom is -0.393 e. The predicted molar refractivity (Wildman–Crippen MR) is 121 cm³/mol. The summed E-state index contributed by atoms with van der Waals surface area (Å²) >= 11 is 2.46. The molecule has 4 aliphatic rings. The molecule has 3 fully saturated rings. The predicted octanol–water partition coefficient (Wildman–Crippen LogP) is 4.23. The van der Waals surface area contributed by atoms with Gasteiger partial charge < -0.3 is 9.84 Å². The van der Waals surface area contributed by atoms with Crippen molar-refractivity contribution in [1.29, 1.82) is 0 Å². The average molecular weight is 528 g/mol. The van der Waals surface area contributed by atoms with Crippen LogP contribution in [0.2, 0.25) is 0 Å². The molecule has 4 nitrogen and oxygen atoms in total. The number of rotatable bonds is 4. The second kappa shape index (κ2) is 7.04. The van der Waals surface area contributed by atoms with Gasteiger partial charge in [0.25, 0.3) is 0 Å². The third-order valence-corrected chi connectivity index (χ3v) is 10.8. The molecule has 1 saturated heterocycles. The van der Waals surface area contributed by atoms with Crippen LogP contribution >= 0.6 is 22.6 Å². The van der Waals surface area contributed by atoms with Crippen LogP contribution in [0.3, 0.4) is 0 Å². The first-order valence-electron chi connectivity index (χ1n) is 10.7. The van der Waals surface area contributed by atoms with Gasteiger partial charge in [0.05, 0.1) is 28.0 Å². The van der Waals surface area contributed by atoms with Gasteiger partial charge in [0, 0.05) is 10.8 Å². The molecular weight excluding hydrogens is 499 g/mol. The molecule has 1 aromatic carbocycles. The Morgan fingerprint density at radius 2 is 1.97 bits per heavy atom. The van der Waals surface area contributed by atoms with Gasteiger partial charge in [0.15, 0.2) is 9.84 Å². The highest BCUT2D eigenvalue weighted by atomic mass is 127. The number of benzene rings is 1. The minimum absolute atomic E-state index is 0.00900. The fourth-order valence-electron chi connectivity index (χ4n) is 6.47.